The second kappa shape index (κ2) is 9.39. The molecule has 3 rings (SSSR count). The number of imidazole rings is 1. The van der Waals surface area contributed by atoms with Crippen molar-refractivity contribution in [3.8, 4) is 0 Å². The minimum absolute atomic E-state index is 0.228. The van der Waals surface area contributed by atoms with Gasteiger partial charge in [-0.2, -0.15) is 0 Å². The van der Waals surface area contributed by atoms with Crippen LogP contribution in [0.5, 0.6) is 0 Å². The van der Waals surface area contributed by atoms with E-state index in [9.17, 15) is 0 Å². The standard InChI is InChI=1S/C24H31N6/c1-19(2)24-29(25-22(27(3)4)20-13-9-7-10-14-20)17-18-30(24)26-23(28(5)6)21-15-11-8-12-16-21/h7-19H,1-6H3/q+1. The first-order chi connectivity index (χ1) is 14.4. The first kappa shape index (κ1) is 21.3. The van der Waals surface area contributed by atoms with E-state index in [2.05, 4.69) is 38.1 Å². The zero-order valence-corrected chi connectivity index (χ0v) is 18.7. The largest absolute Gasteiger partial charge is 0.359 e. The van der Waals surface area contributed by atoms with E-state index in [4.69, 9.17) is 10.2 Å². The fourth-order valence-corrected chi connectivity index (χ4v) is 3.27. The molecule has 6 nitrogen and oxygen atoms in total. The van der Waals surface area contributed by atoms with Crippen LogP contribution < -0.4 is 4.68 Å². The summed E-state index contributed by atoms with van der Waals surface area (Å²) in [5.74, 6) is 3.01. The van der Waals surface area contributed by atoms with Gasteiger partial charge in [0, 0.05) is 39.3 Å². The van der Waals surface area contributed by atoms with E-state index in [0.29, 0.717) is 0 Å². The summed E-state index contributed by atoms with van der Waals surface area (Å²) in [5.41, 5.74) is 2.14. The van der Waals surface area contributed by atoms with E-state index in [1.807, 2.05) is 96.1 Å². The monoisotopic (exact) mass is 403 g/mol. The molecule has 0 aliphatic carbocycles. The van der Waals surface area contributed by atoms with Crippen molar-refractivity contribution in [3.63, 3.8) is 0 Å². The number of hydrogen-bond donors (Lipinski definition) is 0. The Bertz CT molecular complexity index is 935. The third-order valence-corrected chi connectivity index (χ3v) is 4.65. The molecule has 6 heteroatoms. The van der Waals surface area contributed by atoms with Crippen molar-refractivity contribution in [2.24, 2.45) is 10.2 Å². The van der Waals surface area contributed by atoms with E-state index in [0.717, 1.165) is 28.6 Å². The SMILES string of the molecule is CC(C)c1n(N=C(c2ccccc2)N(C)C)cc[n+]1N=C(c1ccccc1)N(C)C. The lowest BCUT2D eigenvalue weighted by atomic mass is 10.2. The maximum absolute atomic E-state index is 4.95. The Morgan fingerprint density at radius 3 is 1.77 bits per heavy atom. The van der Waals surface area contributed by atoms with Crippen LogP contribution in [0.4, 0.5) is 0 Å². The van der Waals surface area contributed by atoms with Crippen LogP contribution in [-0.2, 0) is 0 Å². The summed E-state index contributed by atoms with van der Waals surface area (Å²) in [7, 11) is 8.04. The molecule has 0 spiro atoms. The smallest absolute Gasteiger partial charge is 0.310 e. The molecular formula is C24H31N6+. The minimum Gasteiger partial charge on any atom is -0.359 e. The van der Waals surface area contributed by atoms with Crippen LogP contribution in [0.2, 0.25) is 0 Å². The Labute approximate surface area is 179 Å². The molecule has 0 saturated heterocycles. The third-order valence-electron chi connectivity index (χ3n) is 4.65. The average molecular weight is 404 g/mol. The van der Waals surface area contributed by atoms with Gasteiger partial charge in [0.25, 0.3) is 0 Å². The normalized spacial score (nSPS) is 12.4. The van der Waals surface area contributed by atoms with Crippen molar-refractivity contribution < 1.29 is 4.68 Å². The Hall–Kier alpha value is -3.41. The highest BCUT2D eigenvalue weighted by Gasteiger charge is 2.24. The molecule has 0 amide bonds. The molecule has 0 aliphatic heterocycles. The van der Waals surface area contributed by atoms with Gasteiger partial charge in [-0.3, -0.25) is 0 Å². The lowest BCUT2D eigenvalue weighted by Crippen LogP contribution is -2.37. The van der Waals surface area contributed by atoms with E-state index < -0.39 is 0 Å². The van der Waals surface area contributed by atoms with Crippen LogP contribution in [-0.4, -0.2) is 54.3 Å². The highest BCUT2D eigenvalue weighted by molar-refractivity contribution is 5.98. The maximum atomic E-state index is 4.95. The quantitative estimate of drug-likeness (QED) is 0.372. The Balaban J connectivity index is 2.12. The van der Waals surface area contributed by atoms with E-state index in [-0.39, 0.29) is 5.92 Å². The number of nitrogens with zero attached hydrogens (tertiary/aromatic N) is 6. The van der Waals surface area contributed by atoms with E-state index in [1.54, 1.807) is 0 Å². The Kier molecular flexibility index (Phi) is 6.67. The number of aromatic nitrogens is 2. The van der Waals surface area contributed by atoms with Crippen LogP contribution in [0, 0.1) is 0 Å². The molecule has 156 valence electrons. The molecule has 0 saturated carbocycles. The van der Waals surface area contributed by atoms with Gasteiger partial charge < -0.3 is 9.80 Å². The fraction of sp³-hybridized carbons (Fsp3) is 0.292. The molecule has 0 N–H and O–H groups in total. The molecule has 0 bridgehead atoms. The third kappa shape index (κ3) is 4.76. The molecule has 0 atom stereocenters. The molecule has 3 aromatic rings. The maximum Gasteiger partial charge on any atom is 0.310 e. The van der Waals surface area contributed by atoms with Crippen LogP contribution in [0.1, 0.15) is 36.7 Å². The van der Waals surface area contributed by atoms with Crippen LogP contribution >= 0.6 is 0 Å². The zero-order valence-electron chi connectivity index (χ0n) is 18.7. The second-order valence-electron chi connectivity index (χ2n) is 7.87. The highest BCUT2D eigenvalue weighted by Crippen LogP contribution is 2.13. The molecule has 0 fully saturated rings. The molecule has 1 aromatic heterocycles. The van der Waals surface area contributed by atoms with E-state index >= 15 is 0 Å². The second-order valence-corrected chi connectivity index (χ2v) is 7.87. The van der Waals surface area contributed by atoms with Crippen molar-refractivity contribution in [1.82, 2.24) is 14.5 Å². The van der Waals surface area contributed by atoms with Gasteiger partial charge in [-0.1, -0.05) is 84.7 Å². The van der Waals surface area contributed by atoms with Crippen molar-refractivity contribution in [2.75, 3.05) is 28.2 Å². The van der Waals surface area contributed by atoms with Crippen LogP contribution in [0.15, 0.2) is 83.3 Å². The lowest BCUT2D eigenvalue weighted by molar-refractivity contribution is -0.687. The number of rotatable bonds is 5. The van der Waals surface area contributed by atoms with Gasteiger partial charge in [-0.05, 0) is 0 Å². The first-order valence-electron chi connectivity index (χ1n) is 10.1. The molecule has 2 aromatic carbocycles. The summed E-state index contributed by atoms with van der Waals surface area (Å²) >= 11 is 0. The number of hydrogen-bond acceptors (Lipinski definition) is 2. The predicted octanol–water partition coefficient (Wildman–Crippen LogP) is 3.44. The summed E-state index contributed by atoms with van der Waals surface area (Å²) < 4.78 is 3.85. The lowest BCUT2D eigenvalue weighted by Gasteiger charge is -2.15. The Morgan fingerprint density at radius 1 is 0.800 bits per heavy atom. The highest BCUT2D eigenvalue weighted by atomic mass is 15.5. The first-order valence-corrected chi connectivity index (χ1v) is 10.1. The molecular weight excluding hydrogens is 372 g/mol. The minimum atomic E-state index is 0.228. The summed E-state index contributed by atoms with van der Waals surface area (Å²) in [5, 5.41) is 9.90. The van der Waals surface area contributed by atoms with E-state index in [1.165, 1.54) is 0 Å². The van der Waals surface area contributed by atoms with Gasteiger partial charge in [-0.15, -0.1) is 9.35 Å². The van der Waals surface area contributed by atoms with Crippen LogP contribution in [0.25, 0.3) is 0 Å². The molecule has 30 heavy (non-hydrogen) atoms. The summed E-state index contributed by atoms with van der Waals surface area (Å²) in [6, 6.07) is 20.4. The van der Waals surface area contributed by atoms with Gasteiger partial charge in [0.1, 0.15) is 0 Å². The van der Waals surface area contributed by atoms with Gasteiger partial charge in [0.15, 0.2) is 24.1 Å². The van der Waals surface area contributed by atoms with Gasteiger partial charge >= 0.3 is 5.82 Å². The van der Waals surface area contributed by atoms with Gasteiger partial charge in [0.2, 0.25) is 0 Å². The topological polar surface area (TPSA) is 40.0 Å². The van der Waals surface area contributed by atoms with Crippen molar-refractivity contribution in [3.05, 3.63) is 90.0 Å². The molecule has 0 unspecified atom stereocenters. The summed E-state index contributed by atoms with van der Waals surface area (Å²) in [6.45, 7) is 4.31. The van der Waals surface area contributed by atoms with Crippen molar-refractivity contribution in [2.45, 2.75) is 19.8 Å². The Morgan fingerprint density at radius 2 is 1.30 bits per heavy atom. The molecule has 0 radical (unpaired) electrons. The molecule has 0 aliphatic rings. The molecule has 1 heterocycles. The van der Waals surface area contributed by atoms with Gasteiger partial charge in [0.05, 0.1) is 5.92 Å². The predicted molar refractivity (Wildman–Crippen MR) is 123 cm³/mol. The fourth-order valence-electron chi connectivity index (χ4n) is 3.27. The number of benzene rings is 2. The van der Waals surface area contributed by atoms with Crippen LogP contribution in [0.3, 0.4) is 0 Å². The van der Waals surface area contributed by atoms with Gasteiger partial charge in [-0.25, -0.2) is 0 Å². The number of amidine groups is 2. The summed E-state index contributed by atoms with van der Waals surface area (Å²) in [6.07, 6.45) is 3.92. The van der Waals surface area contributed by atoms with Crippen molar-refractivity contribution >= 4 is 11.7 Å². The zero-order chi connectivity index (χ0) is 21.7. The average Bonchev–Trinajstić information content (AvgIpc) is 3.13. The van der Waals surface area contributed by atoms with Crippen molar-refractivity contribution in [1.29, 1.82) is 0 Å². The summed E-state index contributed by atoms with van der Waals surface area (Å²) in [4.78, 5) is 4.06.